The Morgan fingerprint density at radius 1 is 1.00 bits per heavy atom. The van der Waals surface area contributed by atoms with E-state index in [0.29, 0.717) is 0 Å². The minimum Gasteiger partial charge on any atom is -0.423 e. The summed E-state index contributed by atoms with van der Waals surface area (Å²) < 4.78 is 5.90. The predicted molar refractivity (Wildman–Crippen MR) is 96.2 cm³/mol. The van der Waals surface area contributed by atoms with Crippen LogP contribution >= 0.6 is 23.5 Å². The molecule has 118 valence electrons. The van der Waals surface area contributed by atoms with Crippen LogP contribution in [0, 0.1) is 0 Å². The van der Waals surface area contributed by atoms with Crippen molar-refractivity contribution in [1.82, 2.24) is 9.88 Å². The van der Waals surface area contributed by atoms with E-state index in [2.05, 4.69) is 38.3 Å². The lowest BCUT2D eigenvalue weighted by Crippen LogP contribution is -2.52. The third-order valence-corrected chi connectivity index (χ3v) is 6.86. The van der Waals surface area contributed by atoms with Crippen molar-refractivity contribution in [3.05, 3.63) is 24.3 Å². The highest BCUT2D eigenvalue weighted by molar-refractivity contribution is 8.03. The van der Waals surface area contributed by atoms with Gasteiger partial charge in [0, 0.05) is 55.2 Å². The molecule has 0 N–H and O–H groups in total. The quantitative estimate of drug-likeness (QED) is 0.839. The minimum atomic E-state index is 0.739. The maximum atomic E-state index is 5.90. The molecule has 2 aromatic rings. The maximum Gasteiger partial charge on any atom is 0.298 e. The van der Waals surface area contributed by atoms with Crippen molar-refractivity contribution in [3.8, 4) is 0 Å². The highest BCUT2D eigenvalue weighted by Crippen LogP contribution is 2.25. The van der Waals surface area contributed by atoms with E-state index >= 15 is 0 Å². The zero-order chi connectivity index (χ0) is 14.8. The summed E-state index contributed by atoms with van der Waals surface area (Å²) in [6.45, 7) is 4.26. The second kappa shape index (κ2) is 6.72. The molecule has 0 bridgehead atoms. The number of aromatic nitrogens is 1. The molecule has 1 aromatic carbocycles. The number of benzene rings is 1. The van der Waals surface area contributed by atoms with Gasteiger partial charge in [-0.3, -0.25) is 4.90 Å². The Morgan fingerprint density at radius 2 is 1.73 bits per heavy atom. The summed E-state index contributed by atoms with van der Waals surface area (Å²) in [7, 11) is 0. The fraction of sp³-hybridized carbons (Fsp3) is 0.562. The SMILES string of the molecule is c1ccc2oc(N3CCN(C4CSCCSC4)CC3)nc2c1. The van der Waals surface area contributed by atoms with E-state index in [4.69, 9.17) is 4.42 Å². The molecule has 0 radical (unpaired) electrons. The summed E-state index contributed by atoms with van der Waals surface area (Å²) >= 11 is 4.22. The van der Waals surface area contributed by atoms with Crippen molar-refractivity contribution < 1.29 is 4.42 Å². The zero-order valence-corrected chi connectivity index (χ0v) is 14.2. The monoisotopic (exact) mass is 335 g/mol. The first-order valence-corrected chi connectivity index (χ1v) is 10.2. The van der Waals surface area contributed by atoms with Crippen LogP contribution in [0.2, 0.25) is 0 Å². The topological polar surface area (TPSA) is 32.5 Å². The van der Waals surface area contributed by atoms with Crippen LogP contribution in [0.5, 0.6) is 0 Å². The van der Waals surface area contributed by atoms with Gasteiger partial charge in [0.2, 0.25) is 0 Å². The van der Waals surface area contributed by atoms with Crippen LogP contribution in [0.1, 0.15) is 0 Å². The average Bonchev–Trinajstić information content (AvgIpc) is 2.81. The number of rotatable bonds is 2. The number of thioether (sulfide) groups is 2. The third-order valence-electron chi connectivity index (χ3n) is 4.38. The van der Waals surface area contributed by atoms with Gasteiger partial charge < -0.3 is 9.32 Å². The van der Waals surface area contributed by atoms with E-state index in [9.17, 15) is 0 Å². The first-order chi connectivity index (χ1) is 10.9. The number of para-hydroxylation sites is 2. The number of nitrogens with zero attached hydrogens (tertiary/aromatic N) is 3. The molecule has 2 saturated heterocycles. The normalized spacial score (nSPS) is 22.1. The van der Waals surface area contributed by atoms with E-state index in [0.717, 1.165) is 49.3 Å². The number of anilines is 1. The Bertz CT molecular complexity index is 584. The summed E-state index contributed by atoms with van der Waals surface area (Å²) in [5.41, 5.74) is 1.84. The summed E-state index contributed by atoms with van der Waals surface area (Å²) in [6.07, 6.45) is 0. The van der Waals surface area contributed by atoms with Gasteiger partial charge in [-0.15, -0.1) is 0 Å². The van der Waals surface area contributed by atoms with Crippen LogP contribution in [0.25, 0.3) is 11.1 Å². The molecule has 4 rings (SSSR count). The Morgan fingerprint density at radius 3 is 2.45 bits per heavy atom. The van der Waals surface area contributed by atoms with Crippen molar-refractivity contribution in [1.29, 1.82) is 0 Å². The summed E-state index contributed by atoms with van der Waals surface area (Å²) in [6, 6.07) is 9.53. The molecule has 2 fully saturated rings. The van der Waals surface area contributed by atoms with Gasteiger partial charge in [0.05, 0.1) is 0 Å². The van der Waals surface area contributed by atoms with E-state index in [1.165, 1.54) is 23.0 Å². The molecule has 2 aliphatic rings. The highest BCUT2D eigenvalue weighted by atomic mass is 32.2. The van der Waals surface area contributed by atoms with Gasteiger partial charge in [0.25, 0.3) is 6.01 Å². The maximum absolute atomic E-state index is 5.90. The van der Waals surface area contributed by atoms with Crippen molar-refractivity contribution in [2.24, 2.45) is 0 Å². The molecule has 22 heavy (non-hydrogen) atoms. The first kappa shape index (κ1) is 14.7. The number of oxazole rings is 1. The summed E-state index contributed by atoms with van der Waals surface area (Å²) in [5.74, 6) is 5.19. The van der Waals surface area contributed by atoms with Crippen LogP contribution in [0.4, 0.5) is 6.01 Å². The van der Waals surface area contributed by atoms with Crippen LogP contribution in [0.15, 0.2) is 28.7 Å². The molecule has 0 atom stereocenters. The Hall–Kier alpha value is -0.850. The van der Waals surface area contributed by atoms with Crippen molar-refractivity contribution in [2.45, 2.75) is 6.04 Å². The molecule has 0 saturated carbocycles. The van der Waals surface area contributed by atoms with E-state index in [1.807, 2.05) is 24.3 Å². The molecule has 0 spiro atoms. The number of piperazine rings is 1. The average molecular weight is 335 g/mol. The molecular weight excluding hydrogens is 314 g/mol. The third kappa shape index (κ3) is 3.09. The lowest BCUT2D eigenvalue weighted by atomic mass is 10.2. The van der Waals surface area contributed by atoms with Crippen molar-refractivity contribution in [2.75, 3.05) is 54.1 Å². The molecule has 0 amide bonds. The van der Waals surface area contributed by atoms with Gasteiger partial charge in [0.15, 0.2) is 5.58 Å². The van der Waals surface area contributed by atoms with Crippen LogP contribution in [-0.2, 0) is 0 Å². The van der Waals surface area contributed by atoms with Crippen molar-refractivity contribution >= 4 is 40.6 Å². The van der Waals surface area contributed by atoms with Gasteiger partial charge >= 0.3 is 0 Å². The standard InChI is InChI=1S/C16H21N3OS2/c1-2-4-15-14(3-1)17-16(20-15)19-7-5-18(6-8-19)13-11-21-9-10-22-12-13/h1-4,13H,5-12H2. The van der Waals surface area contributed by atoms with Crippen molar-refractivity contribution in [3.63, 3.8) is 0 Å². The number of hydrogen-bond acceptors (Lipinski definition) is 6. The van der Waals surface area contributed by atoms with Crippen LogP contribution in [0.3, 0.4) is 0 Å². The first-order valence-electron chi connectivity index (χ1n) is 7.90. The fourth-order valence-corrected chi connectivity index (χ4v) is 5.72. The van der Waals surface area contributed by atoms with Crippen LogP contribution in [-0.4, -0.2) is 65.1 Å². The molecular formula is C16H21N3OS2. The van der Waals surface area contributed by atoms with Gasteiger partial charge in [-0.25, -0.2) is 0 Å². The van der Waals surface area contributed by atoms with E-state index < -0.39 is 0 Å². The molecule has 0 unspecified atom stereocenters. The molecule has 0 aliphatic carbocycles. The second-order valence-electron chi connectivity index (χ2n) is 5.79. The lowest BCUT2D eigenvalue weighted by molar-refractivity contribution is 0.212. The molecule has 6 heteroatoms. The van der Waals surface area contributed by atoms with E-state index in [-0.39, 0.29) is 0 Å². The van der Waals surface area contributed by atoms with Gasteiger partial charge in [-0.1, -0.05) is 12.1 Å². The second-order valence-corrected chi connectivity index (χ2v) is 8.09. The molecule has 4 nitrogen and oxygen atoms in total. The smallest absolute Gasteiger partial charge is 0.298 e. The van der Waals surface area contributed by atoms with Gasteiger partial charge in [0.1, 0.15) is 5.52 Å². The Labute approximate surface area is 139 Å². The zero-order valence-electron chi connectivity index (χ0n) is 12.6. The molecule has 1 aromatic heterocycles. The molecule has 2 aliphatic heterocycles. The molecule has 3 heterocycles. The predicted octanol–water partition coefficient (Wildman–Crippen LogP) is 2.80. The lowest BCUT2D eigenvalue weighted by Gasteiger charge is -2.38. The van der Waals surface area contributed by atoms with Crippen LogP contribution < -0.4 is 4.90 Å². The summed E-state index contributed by atoms with van der Waals surface area (Å²) in [5, 5.41) is 0. The van der Waals surface area contributed by atoms with Gasteiger partial charge in [-0.05, 0) is 12.1 Å². The number of fused-ring (bicyclic) bond motifs is 1. The largest absolute Gasteiger partial charge is 0.423 e. The summed E-state index contributed by atoms with van der Waals surface area (Å²) in [4.78, 5) is 9.56. The van der Waals surface area contributed by atoms with Gasteiger partial charge in [-0.2, -0.15) is 28.5 Å². The Kier molecular flexibility index (Phi) is 4.50. The fourth-order valence-electron chi connectivity index (χ4n) is 3.09. The number of hydrogen-bond donors (Lipinski definition) is 0. The minimum absolute atomic E-state index is 0.739. The highest BCUT2D eigenvalue weighted by Gasteiger charge is 2.26. The van der Waals surface area contributed by atoms with E-state index in [1.54, 1.807) is 0 Å². The Balaban J connectivity index is 1.40.